The Hall–Kier alpha value is -7.02. The second kappa shape index (κ2) is 16.4. The van der Waals surface area contributed by atoms with Crippen LogP contribution in [0.25, 0.3) is 99.1 Å². The van der Waals surface area contributed by atoms with Crippen LogP contribution in [-0.4, -0.2) is 0 Å². The highest BCUT2D eigenvalue weighted by Crippen LogP contribution is 2.49. The fraction of sp³-hybridized carbons (Fsp3) is 0.182. The van der Waals surface area contributed by atoms with E-state index in [0.29, 0.717) is 0 Å². The van der Waals surface area contributed by atoms with Crippen molar-refractivity contribution in [3.63, 3.8) is 0 Å². The van der Waals surface area contributed by atoms with E-state index in [9.17, 15) is 0 Å². The van der Waals surface area contributed by atoms with Crippen LogP contribution in [0.2, 0.25) is 0 Å². The smallest absolute Gasteiger partial charge is 0.00921 e. The summed E-state index contributed by atoms with van der Waals surface area (Å²) in [5, 5.41) is 7.60. The maximum atomic E-state index is 2.54. The van der Waals surface area contributed by atoms with Gasteiger partial charge in [0.1, 0.15) is 0 Å². The van der Waals surface area contributed by atoms with E-state index in [2.05, 4.69) is 229 Å². The predicted molar refractivity (Wildman–Crippen MR) is 288 cm³/mol. The molecular formula is C66H60. The number of hydrogen-bond donors (Lipinski definition) is 0. The third kappa shape index (κ3) is 8.05. The zero-order chi connectivity index (χ0) is 46.3. The van der Waals surface area contributed by atoms with E-state index >= 15 is 0 Å². The minimum atomic E-state index is 1.25. The first-order valence-corrected chi connectivity index (χ1v) is 23.6. The topological polar surface area (TPSA) is 0 Å². The van der Waals surface area contributed by atoms with Crippen LogP contribution in [0.15, 0.2) is 146 Å². The quantitative estimate of drug-likeness (QED) is 0.146. The molecule has 0 heterocycles. The van der Waals surface area contributed by atoms with Crippen molar-refractivity contribution >= 4 is 32.3 Å². The van der Waals surface area contributed by atoms with E-state index in [1.165, 1.54) is 166 Å². The number of benzene rings is 10. The molecule has 0 atom stereocenters. The zero-order valence-electron chi connectivity index (χ0n) is 40.9. The third-order valence-corrected chi connectivity index (χ3v) is 13.5. The molecule has 66 heavy (non-hydrogen) atoms. The van der Waals surface area contributed by atoms with Crippen LogP contribution in [-0.2, 0) is 0 Å². The first-order valence-electron chi connectivity index (χ1n) is 23.6. The molecule has 0 bridgehead atoms. The van der Waals surface area contributed by atoms with Crippen LogP contribution in [0, 0.1) is 83.1 Å². The largest absolute Gasteiger partial charge is 0.0563 e. The molecule has 0 heteroatoms. The molecule has 0 radical (unpaired) electrons. The Labute approximate surface area is 392 Å². The maximum Gasteiger partial charge on any atom is -0.00921 e. The highest BCUT2D eigenvalue weighted by Gasteiger charge is 2.22. The van der Waals surface area contributed by atoms with Crippen LogP contribution in [0.5, 0.6) is 0 Å². The van der Waals surface area contributed by atoms with Crippen LogP contribution in [0.3, 0.4) is 0 Å². The van der Waals surface area contributed by atoms with Crippen molar-refractivity contribution in [3.8, 4) is 66.8 Å². The minimum Gasteiger partial charge on any atom is -0.0563 e. The van der Waals surface area contributed by atoms with Gasteiger partial charge in [0.05, 0.1) is 0 Å². The molecule has 324 valence electrons. The molecule has 0 unspecified atom stereocenters. The van der Waals surface area contributed by atoms with Crippen molar-refractivity contribution < 1.29 is 0 Å². The summed E-state index contributed by atoms with van der Waals surface area (Å²) in [5.41, 5.74) is 30.3. The van der Waals surface area contributed by atoms with Gasteiger partial charge < -0.3 is 0 Å². The van der Waals surface area contributed by atoms with Gasteiger partial charge in [0.15, 0.2) is 0 Å². The summed E-state index contributed by atoms with van der Waals surface area (Å²) in [7, 11) is 0. The molecule has 0 aliphatic carbocycles. The number of rotatable bonds is 6. The summed E-state index contributed by atoms with van der Waals surface area (Å²) in [6, 6.07) is 57.4. The van der Waals surface area contributed by atoms with Crippen LogP contribution in [0.4, 0.5) is 0 Å². The summed E-state index contributed by atoms with van der Waals surface area (Å²) < 4.78 is 0. The van der Waals surface area contributed by atoms with E-state index in [1.807, 2.05) is 0 Å². The van der Waals surface area contributed by atoms with Gasteiger partial charge in [-0.15, -0.1) is 0 Å². The Morgan fingerprint density at radius 2 is 0.242 bits per heavy atom. The highest BCUT2D eigenvalue weighted by molar-refractivity contribution is 6.29. The minimum absolute atomic E-state index is 1.25. The Balaban J connectivity index is 1.46. The van der Waals surface area contributed by atoms with Crippen molar-refractivity contribution in [1.82, 2.24) is 0 Å². The lowest BCUT2D eigenvalue weighted by Crippen LogP contribution is -1.96. The summed E-state index contributed by atoms with van der Waals surface area (Å²) in [6.07, 6.45) is 0. The lowest BCUT2D eigenvalue weighted by molar-refractivity contribution is 1.37. The van der Waals surface area contributed by atoms with Gasteiger partial charge in [-0.3, -0.25) is 0 Å². The molecular weight excluding hydrogens is 793 g/mol. The van der Waals surface area contributed by atoms with Gasteiger partial charge in [0.25, 0.3) is 0 Å². The molecule has 0 N–H and O–H groups in total. The van der Waals surface area contributed by atoms with Gasteiger partial charge in [-0.05, 0) is 219 Å². The first kappa shape index (κ1) is 42.9. The first-order chi connectivity index (χ1) is 31.5. The fourth-order valence-corrected chi connectivity index (χ4v) is 11.4. The van der Waals surface area contributed by atoms with Crippen LogP contribution >= 0.6 is 0 Å². The molecule has 0 aliphatic rings. The normalized spacial score (nSPS) is 11.6. The molecule has 0 amide bonds. The predicted octanol–water partition coefficient (Wildman–Crippen LogP) is 18.8. The van der Waals surface area contributed by atoms with Crippen molar-refractivity contribution in [3.05, 3.63) is 212 Å². The molecule has 10 aromatic rings. The molecule has 0 aliphatic heterocycles. The molecule has 0 nitrogen and oxygen atoms in total. The van der Waals surface area contributed by atoms with Gasteiger partial charge in [-0.1, -0.05) is 176 Å². The van der Waals surface area contributed by atoms with Crippen molar-refractivity contribution in [2.75, 3.05) is 0 Å². The highest BCUT2D eigenvalue weighted by atomic mass is 14.3. The molecule has 10 aromatic carbocycles. The van der Waals surface area contributed by atoms with Gasteiger partial charge >= 0.3 is 0 Å². The average molecular weight is 853 g/mol. The van der Waals surface area contributed by atoms with Crippen molar-refractivity contribution in [1.29, 1.82) is 0 Å². The lowest BCUT2D eigenvalue weighted by Gasteiger charge is -2.22. The third-order valence-electron chi connectivity index (χ3n) is 13.5. The van der Waals surface area contributed by atoms with Gasteiger partial charge in [0.2, 0.25) is 0 Å². The summed E-state index contributed by atoms with van der Waals surface area (Å²) in [6.45, 7) is 26.7. The van der Waals surface area contributed by atoms with Crippen LogP contribution < -0.4 is 0 Å². The summed E-state index contributed by atoms with van der Waals surface area (Å²) in [5.74, 6) is 0. The maximum absolute atomic E-state index is 2.54. The van der Waals surface area contributed by atoms with E-state index < -0.39 is 0 Å². The SMILES string of the molecule is Cc1cc(C)cc(-c2cc3c4cc(-c5cc(C)cc(C)c5)c(-c5cc(C)cc(C)c5)cc4c4cc(-c5cc(C)cc(C)c5)c(-c5cc(C)cc(C)c5)cc4c3cc2-c2cc(C)cc(C)c2)c1. The van der Waals surface area contributed by atoms with Gasteiger partial charge in [-0.2, -0.15) is 0 Å². The van der Waals surface area contributed by atoms with Crippen LogP contribution in [0.1, 0.15) is 66.8 Å². The van der Waals surface area contributed by atoms with Gasteiger partial charge in [-0.25, -0.2) is 0 Å². The molecule has 0 fully saturated rings. The van der Waals surface area contributed by atoms with Gasteiger partial charge in [0, 0.05) is 0 Å². The summed E-state index contributed by atoms with van der Waals surface area (Å²) >= 11 is 0. The van der Waals surface area contributed by atoms with Crippen molar-refractivity contribution in [2.45, 2.75) is 83.1 Å². The Morgan fingerprint density at radius 1 is 0.136 bits per heavy atom. The number of aryl methyl sites for hydroxylation is 12. The Morgan fingerprint density at radius 3 is 0.348 bits per heavy atom. The lowest BCUT2D eigenvalue weighted by atomic mass is 9.81. The van der Waals surface area contributed by atoms with E-state index in [4.69, 9.17) is 0 Å². The molecule has 0 spiro atoms. The standard InChI is InChI=1S/C66H60/c1-37-13-38(2)20-49(19-37)55-31-61-62(32-56(55)50-21-39(3)14-40(4)22-50)64-34-58(52-25-43(7)16-44(8)26-52)60(54-29-47(11)18-48(12)30-54)36-66(64)65-35-59(53-27-45(9)17-46(10)28-53)57(33-63(61)65)51-23-41(5)15-42(6)24-51/h13-36H,1-12H3. The number of hydrogen-bond acceptors (Lipinski definition) is 0. The average Bonchev–Trinajstić information content (AvgIpc) is 3.23. The Bertz CT molecular complexity index is 2870. The molecule has 0 saturated heterocycles. The molecule has 0 saturated carbocycles. The zero-order valence-corrected chi connectivity index (χ0v) is 40.9. The fourth-order valence-electron chi connectivity index (χ4n) is 11.4. The second-order valence-corrected chi connectivity index (χ2v) is 20.1. The van der Waals surface area contributed by atoms with E-state index in [-0.39, 0.29) is 0 Å². The van der Waals surface area contributed by atoms with Crippen molar-refractivity contribution in [2.24, 2.45) is 0 Å². The summed E-state index contributed by atoms with van der Waals surface area (Å²) in [4.78, 5) is 0. The van der Waals surface area contributed by atoms with E-state index in [0.717, 1.165) is 0 Å². The molecule has 10 rings (SSSR count). The second-order valence-electron chi connectivity index (χ2n) is 20.1. The Kier molecular flexibility index (Phi) is 10.7. The molecule has 0 aromatic heterocycles. The van der Waals surface area contributed by atoms with E-state index in [1.54, 1.807) is 0 Å². The number of fused-ring (bicyclic) bond motifs is 6. The monoisotopic (exact) mass is 852 g/mol.